The fourth-order valence-electron chi connectivity index (χ4n) is 9.75. The van der Waals surface area contributed by atoms with Crippen LogP contribution in [0, 0.1) is 11.3 Å². The quantitative estimate of drug-likeness (QED) is 0.180. The average molecular weight is 738 g/mol. The summed E-state index contributed by atoms with van der Waals surface area (Å²) in [5.74, 6) is 1.73. The molecule has 2 aromatic heterocycles. The highest BCUT2D eigenvalue weighted by Crippen LogP contribution is 2.64. The number of fused-ring (bicyclic) bond motifs is 14. The van der Waals surface area contributed by atoms with E-state index in [1.165, 1.54) is 49.9 Å². The zero-order chi connectivity index (χ0) is 38.4. The molecule has 0 radical (unpaired) electrons. The van der Waals surface area contributed by atoms with E-state index in [4.69, 9.17) is 15.0 Å². The van der Waals surface area contributed by atoms with Crippen LogP contribution >= 0.6 is 0 Å². The lowest BCUT2D eigenvalue weighted by Crippen LogP contribution is -2.25. The van der Waals surface area contributed by atoms with Crippen molar-refractivity contribution in [2.45, 2.75) is 5.41 Å². The lowest BCUT2D eigenvalue weighted by atomic mass is 9.70. The number of rotatable bonds is 4. The van der Waals surface area contributed by atoms with E-state index in [1.807, 2.05) is 54.6 Å². The van der Waals surface area contributed by atoms with Crippen LogP contribution in [0.5, 0.6) is 0 Å². The Morgan fingerprint density at radius 1 is 0.431 bits per heavy atom. The Labute approximate surface area is 334 Å². The Morgan fingerprint density at radius 2 is 1.00 bits per heavy atom. The maximum Gasteiger partial charge on any atom is 0.238 e. The van der Waals surface area contributed by atoms with Crippen molar-refractivity contribution in [3.63, 3.8) is 0 Å². The minimum absolute atomic E-state index is 0.445. The zero-order valence-electron chi connectivity index (χ0n) is 31.1. The topological polar surface area (TPSA) is 67.4 Å². The highest BCUT2D eigenvalue weighted by atomic mass is 15.2. The van der Waals surface area contributed by atoms with Crippen LogP contribution in [0.4, 0.5) is 0 Å². The van der Waals surface area contributed by atoms with Crippen molar-refractivity contribution < 1.29 is 0 Å². The summed E-state index contributed by atoms with van der Waals surface area (Å²) in [6.07, 6.45) is 0. The molecule has 5 heteroatoms. The first-order valence-electron chi connectivity index (χ1n) is 19.5. The molecule has 2 heterocycles. The molecule has 0 saturated carbocycles. The highest BCUT2D eigenvalue weighted by molar-refractivity contribution is 6.18. The molecule has 0 saturated heterocycles. The Balaban J connectivity index is 1.12. The van der Waals surface area contributed by atoms with Gasteiger partial charge in [0.1, 0.15) is 0 Å². The molecule has 10 aromatic rings. The van der Waals surface area contributed by atoms with Crippen molar-refractivity contribution in [3.8, 4) is 68.2 Å². The van der Waals surface area contributed by atoms with Gasteiger partial charge in [-0.3, -0.25) is 4.57 Å². The fourth-order valence-corrected chi connectivity index (χ4v) is 9.75. The van der Waals surface area contributed by atoms with Gasteiger partial charge in [-0.05, 0) is 79.9 Å². The van der Waals surface area contributed by atoms with E-state index in [1.54, 1.807) is 0 Å². The summed E-state index contributed by atoms with van der Waals surface area (Å²) in [5, 5.41) is 11.8. The van der Waals surface area contributed by atoms with Crippen molar-refractivity contribution in [2.75, 3.05) is 0 Å². The zero-order valence-corrected chi connectivity index (χ0v) is 31.1. The number of nitrogens with zero attached hydrogens (tertiary/aromatic N) is 5. The number of para-hydroxylation sites is 1. The second-order valence-corrected chi connectivity index (χ2v) is 15.0. The molecule has 268 valence electrons. The predicted molar refractivity (Wildman–Crippen MR) is 231 cm³/mol. The van der Waals surface area contributed by atoms with Crippen molar-refractivity contribution in [3.05, 3.63) is 216 Å². The summed E-state index contributed by atoms with van der Waals surface area (Å²) in [5.41, 5.74) is 16.4. The minimum Gasteiger partial charge on any atom is -0.278 e. The van der Waals surface area contributed by atoms with Gasteiger partial charge < -0.3 is 0 Å². The van der Waals surface area contributed by atoms with Crippen molar-refractivity contribution >= 4 is 21.8 Å². The monoisotopic (exact) mass is 737 g/mol. The van der Waals surface area contributed by atoms with E-state index >= 15 is 0 Å². The third-order valence-electron chi connectivity index (χ3n) is 12.1. The van der Waals surface area contributed by atoms with Crippen LogP contribution in [-0.2, 0) is 5.41 Å². The maximum atomic E-state index is 9.49. The van der Waals surface area contributed by atoms with Gasteiger partial charge in [-0.25, -0.2) is 4.98 Å². The van der Waals surface area contributed by atoms with E-state index in [0.29, 0.717) is 23.2 Å². The molecule has 58 heavy (non-hydrogen) atoms. The molecular formula is C53H31N5. The van der Waals surface area contributed by atoms with Gasteiger partial charge >= 0.3 is 0 Å². The molecule has 12 rings (SSSR count). The van der Waals surface area contributed by atoms with Crippen LogP contribution in [-0.4, -0.2) is 19.5 Å². The van der Waals surface area contributed by atoms with Gasteiger partial charge in [0.05, 0.1) is 28.1 Å². The highest BCUT2D eigenvalue weighted by Gasteiger charge is 2.52. The van der Waals surface area contributed by atoms with Crippen molar-refractivity contribution in [1.82, 2.24) is 19.5 Å². The molecule has 0 aliphatic heterocycles. The van der Waals surface area contributed by atoms with E-state index in [9.17, 15) is 5.26 Å². The van der Waals surface area contributed by atoms with Crippen LogP contribution in [0.3, 0.4) is 0 Å². The standard InChI is InChI=1S/C53H31N5/c54-32-33-13-12-16-37(31-33)34-25-27-36(28-26-34)51-55-50(35-14-2-1-3-15-35)56-52(57-51)58-46-24-11-7-20-41(46)49-47(58)30-29-45-48(49)40-19-6-10-23-44(40)53(45)42-21-8-4-17-38(42)39-18-5-9-22-43(39)53/h1-31H. The van der Waals surface area contributed by atoms with Crippen LogP contribution in [0.25, 0.3) is 83.9 Å². The number of aromatic nitrogens is 4. The van der Waals surface area contributed by atoms with E-state index in [2.05, 4.69) is 144 Å². The van der Waals surface area contributed by atoms with Crippen LogP contribution in [0.15, 0.2) is 188 Å². The Bertz CT molecular complexity index is 3310. The lowest BCUT2D eigenvalue weighted by Gasteiger charge is -2.30. The molecule has 1 spiro atoms. The van der Waals surface area contributed by atoms with Gasteiger partial charge in [-0.15, -0.1) is 0 Å². The maximum absolute atomic E-state index is 9.49. The minimum atomic E-state index is -0.445. The predicted octanol–water partition coefficient (Wildman–Crippen LogP) is 12.2. The number of nitriles is 1. The van der Waals surface area contributed by atoms with Crippen LogP contribution in [0.1, 0.15) is 27.8 Å². The van der Waals surface area contributed by atoms with Gasteiger partial charge in [0.25, 0.3) is 0 Å². The summed E-state index contributed by atoms with van der Waals surface area (Å²) in [7, 11) is 0. The largest absolute Gasteiger partial charge is 0.278 e. The molecule has 0 atom stereocenters. The lowest BCUT2D eigenvalue weighted by molar-refractivity contribution is 0.794. The smallest absolute Gasteiger partial charge is 0.238 e. The second kappa shape index (κ2) is 12.3. The molecule has 0 fully saturated rings. The SMILES string of the molecule is N#Cc1cccc(-c2ccc(-c3nc(-c4ccccc4)nc(-n4c5ccccc5c5c6c(ccc54)C4(c5ccccc5-c5ccccc54)c4ccccc4-6)n3)cc2)c1. The number of benzene rings is 8. The summed E-state index contributed by atoms with van der Waals surface area (Å²) < 4.78 is 2.22. The number of hydrogen-bond donors (Lipinski definition) is 0. The molecule has 2 aliphatic rings. The molecule has 0 bridgehead atoms. The van der Waals surface area contributed by atoms with E-state index in [0.717, 1.165) is 38.7 Å². The van der Waals surface area contributed by atoms with E-state index in [-0.39, 0.29) is 0 Å². The van der Waals surface area contributed by atoms with Crippen molar-refractivity contribution in [2.24, 2.45) is 0 Å². The first-order chi connectivity index (χ1) is 28.7. The normalized spacial score (nSPS) is 12.9. The first-order valence-corrected chi connectivity index (χ1v) is 19.5. The van der Waals surface area contributed by atoms with Crippen LogP contribution in [0.2, 0.25) is 0 Å². The molecule has 0 amide bonds. The summed E-state index contributed by atoms with van der Waals surface area (Å²) in [4.78, 5) is 15.6. The Hall–Kier alpha value is -7.94. The van der Waals surface area contributed by atoms with Gasteiger partial charge in [0.15, 0.2) is 11.6 Å². The average Bonchev–Trinajstić information content (AvgIpc) is 3.91. The van der Waals surface area contributed by atoms with Gasteiger partial charge in [0, 0.05) is 21.9 Å². The molecule has 5 nitrogen and oxygen atoms in total. The molecule has 8 aromatic carbocycles. The second-order valence-electron chi connectivity index (χ2n) is 15.0. The van der Waals surface area contributed by atoms with Gasteiger partial charge in [0.2, 0.25) is 5.95 Å². The van der Waals surface area contributed by atoms with E-state index < -0.39 is 5.41 Å². The summed E-state index contributed by atoms with van der Waals surface area (Å²) >= 11 is 0. The third-order valence-corrected chi connectivity index (χ3v) is 12.1. The van der Waals surface area contributed by atoms with Gasteiger partial charge in [-0.1, -0.05) is 164 Å². The molecule has 2 aliphatic carbocycles. The molecule has 0 unspecified atom stereocenters. The third kappa shape index (κ3) is 4.43. The Kier molecular flexibility index (Phi) is 6.84. The summed E-state index contributed by atoms with van der Waals surface area (Å²) in [6.45, 7) is 0. The fraction of sp³-hybridized carbons (Fsp3) is 0.0189. The van der Waals surface area contributed by atoms with Gasteiger partial charge in [-0.2, -0.15) is 15.2 Å². The Morgan fingerprint density at radius 3 is 1.71 bits per heavy atom. The van der Waals surface area contributed by atoms with Crippen LogP contribution < -0.4 is 0 Å². The molecule has 0 N–H and O–H groups in total. The summed E-state index contributed by atoms with van der Waals surface area (Å²) in [6, 6.07) is 68.4. The first kappa shape index (κ1) is 32.3. The van der Waals surface area contributed by atoms with Crippen molar-refractivity contribution in [1.29, 1.82) is 5.26 Å². The number of hydrogen-bond acceptors (Lipinski definition) is 4. The molecular weight excluding hydrogens is 707 g/mol.